The number of benzene rings is 1. The molecule has 1 amide bonds. The highest BCUT2D eigenvalue weighted by atomic mass is 32.1. The minimum atomic E-state index is 0.0700. The molecule has 6 rings (SSSR count). The standard InChI is InChI=1S/C21H24N4OS/c1-14-17-11-19(20(26)22-18-13-24-9-7-16(18)8-10-24)27-21(17)25(23-14)12-15-5-3-2-4-6-15/h2-6,11,16,18H,7-10,12-13H2,1H3,(H,22,26)/t18-/m0/s1. The van der Waals surface area contributed by atoms with Crippen molar-refractivity contribution in [3.05, 3.63) is 52.5 Å². The number of hydrogen-bond acceptors (Lipinski definition) is 4. The number of nitrogens with zero attached hydrogens (tertiary/aromatic N) is 3. The van der Waals surface area contributed by atoms with Crippen molar-refractivity contribution in [2.75, 3.05) is 19.6 Å². The van der Waals surface area contributed by atoms with Crippen LogP contribution in [0.3, 0.4) is 0 Å². The Hall–Kier alpha value is -2.18. The van der Waals surface area contributed by atoms with Crippen LogP contribution in [0.2, 0.25) is 0 Å². The number of carbonyl (C=O) groups is 1. The third kappa shape index (κ3) is 3.17. The van der Waals surface area contributed by atoms with Crippen LogP contribution in [0.4, 0.5) is 0 Å². The summed E-state index contributed by atoms with van der Waals surface area (Å²) in [5.41, 5.74) is 2.20. The van der Waals surface area contributed by atoms with Crippen LogP contribution in [-0.2, 0) is 6.54 Å². The van der Waals surface area contributed by atoms with Crippen molar-refractivity contribution < 1.29 is 4.79 Å². The number of fused-ring (bicyclic) bond motifs is 4. The van der Waals surface area contributed by atoms with Gasteiger partial charge in [-0.2, -0.15) is 5.10 Å². The maximum atomic E-state index is 12.9. The van der Waals surface area contributed by atoms with E-state index >= 15 is 0 Å². The fourth-order valence-electron chi connectivity index (χ4n) is 4.46. The Labute approximate surface area is 163 Å². The van der Waals surface area contributed by atoms with Crippen LogP contribution in [0.15, 0.2) is 36.4 Å². The van der Waals surface area contributed by atoms with E-state index in [1.807, 2.05) is 35.9 Å². The first-order valence-corrected chi connectivity index (χ1v) is 10.5. The zero-order chi connectivity index (χ0) is 18.4. The summed E-state index contributed by atoms with van der Waals surface area (Å²) in [6, 6.07) is 12.6. The largest absolute Gasteiger partial charge is 0.347 e. The van der Waals surface area contributed by atoms with E-state index in [-0.39, 0.29) is 5.91 Å². The SMILES string of the molecule is Cc1nn(Cc2ccccc2)c2sc(C(=O)N[C@H]3CN4CCC3CC4)cc12. The smallest absolute Gasteiger partial charge is 0.261 e. The van der Waals surface area contributed by atoms with Crippen LogP contribution in [0.25, 0.3) is 10.2 Å². The molecule has 3 fully saturated rings. The molecule has 1 atom stereocenters. The highest BCUT2D eigenvalue weighted by molar-refractivity contribution is 7.20. The number of thiophene rings is 1. The van der Waals surface area contributed by atoms with E-state index in [9.17, 15) is 4.79 Å². The van der Waals surface area contributed by atoms with Crippen LogP contribution in [0, 0.1) is 12.8 Å². The summed E-state index contributed by atoms with van der Waals surface area (Å²) in [7, 11) is 0. The van der Waals surface area contributed by atoms with Gasteiger partial charge in [-0.1, -0.05) is 30.3 Å². The highest BCUT2D eigenvalue weighted by Crippen LogP contribution is 2.31. The fourth-order valence-corrected chi connectivity index (χ4v) is 5.52. The lowest BCUT2D eigenvalue weighted by molar-refractivity contribution is 0.0622. The predicted molar refractivity (Wildman–Crippen MR) is 108 cm³/mol. The monoisotopic (exact) mass is 380 g/mol. The Balaban J connectivity index is 1.38. The van der Waals surface area contributed by atoms with E-state index in [0.29, 0.717) is 12.0 Å². The zero-order valence-corrected chi connectivity index (χ0v) is 16.3. The van der Waals surface area contributed by atoms with Gasteiger partial charge in [0.2, 0.25) is 0 Å². The fraction of sp³-hybridized carbons (Fsp3) is 0.429. The highest BCUT2D eigenvalue weighted by Gasteiger charge is 2.35. The summed E-state index contributed by atoms with van der Waals surface area (Å²) in [6.07, 6.45) is 2.42. The van der Waals surface area contributed by atoms with Gasteiger partial charge in [0.15, 0.2) is 0 Å². The predicted octanol–water partition coefficient (Wildman–Crippen LogP) is 3.28. The molecule has 140 valence electrons. The Morgan fingerprint density at radius 2 is 2.04 bits per heavy atom. The minimum absolute atomic E-state index is 0.0700. The van der Waals surface area contributed by atoms with Gasteiger partial charge in [0.1, 0.15) is 4.83 Å². The van der Waals surface area contributed by atoms with E-state index in [2.05, 4.69) is 27.4 Å². The molecule has 0 saturated carbocycles. The average molecular weight is 381 g/mol. The Bertz CT molecular complexity index is 969. The first kappa shape index (κ1) is 17.0. The number of nitrogens with one attached hydrogen (secondary N) is 1. The number of aromatic nitrogens is 2. The summed E-state index contributed by atoms with van der Waals surface area (Å²) >= 11 is 1.56. The number of rotatable bonds is 4. The second-order valence-corrected chi connectivity index (χ2v) is 8.81. The van der Waals surface area contributed by atoms with E-state index in [4.69, 9.17) is 0 Å². The summed E-state index contributed by atoms with van der Waals surface area (Å²) in [6.45, 7) is 6.13. The van der Waals surface area contributed by atoms with Crippen molar-refractivity contribution in [1.29, 1.82) is 0 Å². The quantitative estimate of drug-likeness (QED) is 0.756. The molecule has 0 aliphatic carbocycles. The van der Waals surface area contributed by atoms with Crippen molar-refractivity contribution in [3.63, 3.8) is 0 Å². The van der Waals surface area contributed by atoms with E-state index in [0.717, 1.165) is 33.9 Å². The van der Waals surface area contributed by atoms with Gasteiger partial charge in [0, 0.05) is 18.0 Å². The minimum Gasteiger partial charge on any atom is -0.347 e. The maximum absolute atomic E-state index is 12.9. The number of aryl methyl sites for hydroxylation is 1. The number of carbonyl (C=O) groups excluding carboxylic acids is 1. The van der Waals surface area contributed by atoms with Gasteiger partial charge in [0.25, 0.3) is 5.91 Å². The molecule has 5 nitrogen and oxygen atoms in total. The van der Waals surface area contributed by atoms with Gasteiger partial charge in [-0.25, -0.2) is 0 Å². The lowest BCUT2D eigenvalue weighted by Crippen LogP contribution is -2.57. The van der Waals surface area contributed by atoms with E-state index in [1.165, 1.54) is 31.5 Å². The van der Waals surface area contributed by atoms with Gasteiger partial charge in [-0.3, -0.25) is 9.48 Å². The number of amides is 1. The summed E-state index contributed by atoms with van der Waals surface area (Å²) < 4.78 is 2.02. The summed E-state index contributed by atoms with van der Waals surface area (Å²) in [5, 5.41) is 9.08. The Kier molecular flexibility index (Phi) is 4.25. The first-order chi connectivity index (χ1) is 13.2. The molecular formula is C21H24N4OS. The molecule has 3 saturated heterocycles. The number of hydrogen-bond donors (Lipinski definition) is 1. The molecule has 5 heterocycles. The lowest BCUT2D eigenvalue weighted by Gasteiger charge is -2.44. The molecule has 0 spiro atoms. The zero-order valence-electron chi connectivity index (χ0n) is 15.5. The van der Waals surface area contributed by atoms with Gasteiger partial charge in [-0.05, 0) is 50.4 Å². The molecule has 1 aromatic carbocycles. The van der Waals surface area contributed by atoms with Gasteiger partial charge in [-0.15, -0.1) is 11.3 Å². The average Bonchev–Trinajstić information content (AvgIpc) is 3.25. The molecule has 1 N–H and O–H groups in total. The summed E-state index contributed by atoms with van der Waals surface area (Å²) in [5.74, 6) is 0.712. The van der Waals surface area contributed by atoms with E-state index < -0.39 is 0 Å². The van der Waals surface area contributed by atoms with Crippen LogP contribution >= 0.6 is 11.3 Å². The Morgan fingerprint density at radius 1 is 1.26 bits per heavy atom. The number of piperidine rings is 3. The van der Waals surface area contributed by atoms with Gasteiger partial charge in [0.05, 0.1) is 17.1 Å². The topological polar surface area (TPSA) is 50.2 Å². The van der Waals surface area contributed by atoms with Crippen LogP contribution in [-0.4, -0.2) is 46.3 Å². The van der Waals surface area contributed by atoms with Crippen LogP contribution in [0.5, 0.6) is 0 Å². The molecule has 6 heteroatoms. The normalized spacial score (nSPS) is 24.4. The maximum Gasteiger partial charge on any atom is 0.261 e. The first-order valence-electron chi connectivity index (χ1n) is 9.71. The molecule has 0 unspecified atom stereocenters. The van der Waals surface area contributed by atoms with Crippen molar-refractivity contribution in [2.24, 2.45) is 5.92 Å². The molecule has 2 aromatic heterocycles. The third-order valence-electron chi connectivity index (χ3n) is 5.98. The van der Waals surface area contributed by atoms with Crippen molar-refractivity contribution >= 4 is 27.5 Å². The van der Waals surface area contributed by atoms with Crippen molar-refractivity contribution in [1.82, 2.24) is 20.0 Å². The molecule has 2 bridgehead atoms. The summed E-state index contributed by atoms with van der Waals surface area (Å²) in [4.78, 5) is 17.2. The molecular weight excluding hydrogens is 356 g/mol. The van der Waals surface area contributed by atoms with Gasteiger partial charge < -0.3 is 10.2 Å². The third-order valence-corrected chi connectivity index (χ3v) is 7.13. The van der Waals surface area contributed by atoms with Crippen LogP contribution in [0.1, 0.15) is 33.8 Å². The molecule has 3 aromatic rings. The van der Waals surface area contributed by atoms with Crippen LogP contribution < -0.4 is 5.32 Å². The molecule has 0 radical (unpaired) electrons. The molecule has 27 heavy (non-hydrogen) atoms. The lowest BCUT2D eigenvalue weighted by atomic mass is 9.84. The second-order valence-electron chi connectivity index (χ2n) is 7.78. The van der Waals surface area contributed by atoms with E-state index in [1.54, 1.807) is 11.3 Å². The second kappa shape index (κ2) is 6.77. The van der Waals surface area contributed by atoms with Crippen molar-refractivity contribution in [2.45, 2.75) is 32.4 Å². The van der Waals surface area contributed by atoms with Gasteiger partial charge >= 0.3 is 0 Å². The molecule has 3 aliphatic heterocycles. The molecule has 3 aliphatic rings. The Morgan fingerprint density at radius 3 is 2.74 bits per heavy atom. The van der Waals surface area contributed by atoms with Crippen molar-refractivity contribution in [3.8, 4) is 0 Å².